The number of carbonyl (C=O) groups is 1. The van der Waals surface area contributed by atoms with Crippen LogP contribution >= 0.6 is 22.6 Å². The summed E-state index contributed by atoms with van der Waals surface area (Å²) in [6, 6.07) is 6.44. The van der Waals surface area contributed by atoms with Crippen molar-refractivity contribution in [3.63, 3.8) is 0 Å². The van der Waals surface area contributed by atoms with Gasteiger partial charge in [-0.1, -0.05) is 0 Å². The fraction of sp³-hybridized carbons (Fsp3) is 0.235. The van der Waals surface area contributed by atoms with Gasteiger partial charge in [-0.15, -0.1) is 5.10 Å². The van der Waals surface area contributed by atoms with Gasteiger partial charge in [0.1, 0.15) is 11.5 Å². The molecule has 0 atom stereocenters. The summed E-state index contributed by atoms with van der Waals surface area (Å²) in [6.45, 7) is 3.09. The maximum Gasteiger partial charge on any atom is 0.272 e. The zero-order valence-corrected chi connectivity index (χ0v) is 16.4. The average molecular weight is 472 g/mol. The Bertz CT molecular complexity index is 829. The van der Waals surface area contributed by atoms with Gasteiger partial charge >= 0.3 is 0 Å². The molecule has 1 amide bonds. The largest absolute Gasteiger partial charge is 0.394 e. The molecule has 1 aromatic heterocycles. The van der Waals surface area contributed by atoms with Crippen molar-refractivity contribution >= 4 is 39.9 Å². The van der Waals surface area contributed by atoms with E-state index in [2.05, 4.69) is 21.0 Å². The Morgan fingerprint density at radius 3 is 2.81 bits per heavy atom. The van der Waals surface area contributed by atoms with Gasteiger partial charge in [0.25, 0.3) is 5.91 Å². The number of anilines is 1. The first-order valence-electron chi connectivity index (χ1n) is 7.68. The summed E-state index contributed by atoms with van der Waals surface area (Å²) in [5.41, 5.74) is 4.14. The SMILES string of the molecule is C/C(C(=O)NOCCO)=C(/Nc1ccc(I)cc1F)c1nnccc1C. The zero-order chi connectivity index (χ0) is 19.1. The van der Waals surface area contributed by atoms with E-state index in [0.717, 1.165) is 9.13 Å². The van der Waals surface area contributed by atoms with Gasteiger partial charge in [0.05, 0.1) is 24.6 Å². The number of aliphatic hydroxyl groups is 1. The average Bonchev–Trinajstić information content (AvgIpc) is 2.61. The molecule has 9 heteroatoms. The summed E-state index contributed by atoms with van der Waals surface area (Å²) in [4.78, 5) is 17.2. The lowest BCUT2D eigenvalue weighted by Gasteiger charge is -2.16. The van der Waals surface area contributed by atoms with E-state index in [1.165, 1.54) is 12.3 Å². The monoisotopic (exact) mass is 472 g/mol. The summed E-state index contributed by atoms with van der Waals surface area (Å²) in [5.74, 6) is -1.00. The number of halogens is 2. The Balaban J connectivity index is 2.43. The van der Waals surface area contributed by atoms with E-state index in [1.54, 1.807) is 25.1 Å². The second kappa shape index (κ2) is 9.55. The van der Waals surface area contributed by atoms with E-state index >= 15 is 0 Å². The molecule has 0 fully saturated rings. The molecule has 0 unspecified atom stereocenters. The summed E-state index contributed by atoms with van der Waals surface area (Å²) < 4.78 is 15.0. The quantitative estimate of drug-likeness (QED) is 0.248. The van der Waals surface area contributed by atoms with Crippen molar-refractivity contribution in [1.82, 2.24) is 15.7 Å². The number of aryl methyl sites for hydroxylation is 1. The van der Waals surface area contributed by atoms with Crippen LogP contribution in [0.2, 0.25) is 0 Å². The van der Waals surface area contributed by atoms with E-state index in [9.17, 15) is 9.18 Å². The van der Waals surface area contributed by atoms with Gasteiger partial charge < -0.3 is 10.4 Å². The molecule has 1 heterocycles. The van der Waals surface area contributed by atoms with E-state index in [1.807, 2.05) is 29.5 Å². The normalized spacial score (nSPS) is 11.7. The highest BCUT2D eigenvalue weighted by molar-refractivity contribution is 14.1. The molecule has 0 saturated heterocycles. The predicted octanol–water partition coefficient (Wildman–Crippen LogP) is 2.41. The summed E-state index contributed by atoms with van der Waals surface area (Å²) in [7, 11) is 0. The molecule has 0 aliphatic rings. The number of nitrogens with one attached hydrogen (secondary N) is 2. The third-order valence-corrected chi connectivity index (χ3v) is 4.09. The number of aromatic nitrogens is 2. The molecule has 26 heavy (non-hydrogen) atoms. The number of amides is 1. The van der Waals surface area contributed by atoms with Gasteiger partial charge in [-0.3, -0.25) is 9.63 Å². The number of hydroxylamine groups is 1. The first-order chi connectivity index (χ1) is 12.4. The fourth-order valence-corrected chi connectivity index (χ4v) is 2.50. The van der Waals surface area contributed by atoms with Crippen molar-refractivity contribution in [2.24, 2.45) is 0 Å². The third kappa shape index (κ3) is 5.19. The molecule has 0 aliphatic carbocycles. The van der Waals surface area contributed by atoms with Crippen LogP contribution in [0.15, 0.2) is 36.0 Å². The Kier molecular flexibility index (Phi) is 7.42. The van der Waals surface area contributed by atoms with Gasteiger partial charge in [-0.25, -0.2) is 9.87 Å². The zero-order valence-electron chi connectivity index (χ0n) is 14.2. The highest BCUT2D eigenvalue weighted by Crippen LogP contribution is 2.25. The van der Waals surface area contributed by atoms with Gasteiger partial charge in [0.15, 0.2) is 0 Å². The molecule has 0 bridgehead atoms. The number of benzene rings is 1. The fourth-order valence-electron chi connectivity index (χ4n) is 2.05. The number of aliphatic hydroxyl groups excluding tert-OH is 1. The highest BCUT2D eigenvalue weighted by atomic mass is 127. The van der Waals surface area contributed by atoms with E-state index in [0.29, 0.717) is 11.4 Å². The van der Waals surface area contributed by atoms with Crippen molar-refractivity contribution in [1.29, 1.82) is 0 Å². The van der Waals surface area contributed by atoms with Crippen molar-refractivity contribution in [2.45, 2.75) is 13.8 Å². The van der Waals surface area contributed by atoms with E-state index < -0.39 is 11.7 Å². The lowest BCUT2D eigenvalue weighted by Crippen LogP contribution is -2.27. The molecule has 0 saturated carbocycles. The maximum absolute atomic E-state index is 14.3. The first-order valence-corrected chi connectivity index (χ1v) is 8.76. The topological polar surface area (TPSA) is 96.4 Å². The lowest BCUT2D eigenvalue weighted by molar-refractivity contribution is -0.130. The number of hydrogen-bond acceptors (Lipinski definition) is 6. The van der Waals surface area contributed by atoms with Gasteiger partial charge in [0.2, 0.25) is 0 Å². The summed E-state index contributed by atoms with van der Waals surface area (Å²) >= 11 is 2.01. The molecule has 1 aromatic carbocycles. The van der Waals surface area contributed by atoms with Gasteiger partial charge in [-0.2, -0.15) is 5.10 Å². The molecule has 0 aliphatic heterocycles. The minimum atomic E-state index is -0.545. The van der Waals surface area contributed by atoms with Crippen LogP contribution in [-0.4, -0.2) is 34.4 Å². The van der Waals surface area contributed by atoms with Crippen molar-refractivity contribution in [3.05, 3.63) is 56.7 Å². The van der Waals surface area contributed by atoms with Crippen molar-refractivity contribution in [2.75, 3.05) is 18.5 Å². The van der Waals surface area contributed by atoms with E-state index in [-0.39, 0.29) is 24.5 Å². The second-order valence-electron chi connectivity index (χ2n) is 5.32. The van der Waals surface area contributed by atoms with Crippen molar-refractivity contribution in [3.8, 4) is 0 Å². The Morgan fingerprint density at radius 1 is 1.38 bits per heavy atom. The second-order valence-corrected chi connectivity index (χ2v) is 6.56. The number of nitrogens with zero attached hydrogens (tertiary/aromatic N) is 2. The molecule has 0 spiro atoms. The highest BCUT2D eigenvalue weighted by Gasteiger charge is 2.18. The summed E-state index contributed by atoms with van der Waals surface area (Å²) in [5, 5.41) is 19.6. The van der Waals surface area contributed by atoms with Crippen LogP contribution in [0.25, 0.3) is 5.70 Å². The van der Waals surface area contributed by atoms with Crippen LogP contribution in [0.4, 0.5) is 10.1 Å². The number of hydrogen-bond donors (Lipinski definition) is 3. The lowest BCUT2D eigenvalue weighted by atomic mass is 10.1. The Labute approximate surface area is 163 Å². The molecule has 0 radical (unpaired) electrons. The first kappa shape index (κ1) is 20.2. The maximum atomic E-state index is 14.3. The van der Waals surface area contributed by atoms with Crippen LogP contribution in [0, 0.1) is 16.3 Å². The Morgan fingerprint density at radius 2 is 2.15 bits per heavy atom. The molecule has 2 rings (SSSR count). The molecule has 138 valence electrons. The smallest absolute Gasteiger partial charge is 0.272 e. The minimum absolute atomic E-state index is 0.0439. The molecular formula is C17H18FIN4O3. The van der Waals surface area contributed by atoms with Crippen LogP contribution in [0.5, 0.6) is 0 Å². The number of rotatable bonds is 7. The molecule has 2 aromatic rings. The molecular weight excluding hydrogens is 454 g/mol. The van der Waals surface area contributed by atoms with Crippen LogP contribution < -0.4 is 10.8 Å². The van der Waals surface area contributed by atoms with E-state index in [4.69, 9.17) is 9.94 Å². The third-order valence-electron chi connectivity index (χ3n) is 3.42. The van der Waals surface area contributed by atoms with Gasteiger partial charge in [0, 0.05) is 15.3 Å². The minimum Gasteiger partial charge on any atom is -0.394 e. The standard InChI is InChI=1S/C17H18FIN4O3/c1-10-5-6-20-22-15(10)16(11(2)17(25)23-26-8-7-24)21-14-4-3-12(19)9-13(14)18/h3-6,9,21,24H,7-8H2,1-2H3,(H,23,25)/b16-11-. The van der Waals surface area contributed by atoms with Gasteiger partial charge in [-0.05, 0) is 66.3 Å². The van der Waals surface area contributed by atoms with Crippen LogP contribution in [0.3, 0.4) is 0 Å². The Hall–Kier alpha value is -2.11. The number of carbonyl (C=O) groups excluding carboxylic acids is 1. The van der Waals surface area contributed by atoms with Crippen LogP contribution in [0.1, 0.15) is 18.2 Å². The van der Waals surface area contributed by atoms with Crippen LogP contribution in [-0.2, 0) is 9.63 Å². The molecule has 7 nitrogen and oxygen atoms in total. The summed E-state index contributed by atoms with van der Waals surface area (Å²) in [6.07, 6.45) is 1.53. The molecule has 3 N–H and O–H groups in total. The van der Waals surface area contributed by atoms with Crippen molar-refractivity contribution < 1.29 is 19.1 Å². The predicted molar refractivity (Wildman–Crippen MR) is 103 cm³/mol.